The average Bonchev–Trinajstić information content (AvgIpc) is 2.70. The molecule has 0 radical (unpaired) electrons. The first-order valence-electron chi connectivity index (χ1n) is 6.78. The van der Waals surface area contributed by atoms with E-state index in [0.29, 0.717) is 26.1 Å². The second-order valence-corrected chi connectivity index (χ2v) is 8.17. The van der Waals surface area contributed by atoms with Crippen LogP contribution in [0.15, 0.2) is 0 Å². The number of rotatable bonds is 5. The van der Waals surface area contributed by atoms with Crippen molar-refractivity contribution in [2.75, 3.05) is 37.7 Å². The third-order valence-electron chi connectivity index (χ3n) is 3.75. The van der Waals surface area contributed by atoms with Gasteiger partial charge in [0.2, 0.25) is 0 Å². The first kappa shape index (κ1) is 16.0. The third-order valence-corrected chi connectivity index (χ3v) is 5.59. The van der Waals surface area contributed by atoms with Gasteiger partial charge in [-0.25, -0.2) is 18.0 Å². The van der Waals surface area contributed by atoms with E-state index in [1.165, 1.54) is 4.90 Å². The molecule has 0 saturated carbocycles. The zero-order valence-corrected chi connectivity index (χ0v) is 12.7. The topological polar surface area (TPSA) is 113 Å². The van der Waals surface area contributed by atoms with Crippen LogP contribution in [0.4, 0.5) is 4.79 Å². The molecular formula is C12H20N2O6S. The molecule has 0 aromatic rings. The van der Waals surface area contributed by atoms with Crippen molar-refractivity contribution in [1.82, 2.24) is 10.2 Å². The van der Waals surface area contributed by atoms with E-state index in [9.17, 15) is 18.0 Å². The molecule has 0 aliphatic carbocycles. The van der Waals surface area contributed by atoms with Crippen molar-refractivity contribution in [3.8, 4) is 0 Å². The van der Waals surface area contributed by atoms with Gasteiger partial charge in [0.1, 0.15) is 12.2 Å². The standard InChI is InChI=1S/C12H20N2O6S/c1-12(20-5-10(15)16)7-14(8-12)11(17)13-4-9-2-3-21(18,19)6-9/h9H,2-8H2,1H3,(H,13,17)(H,15,16). The van der Waals surface area contributed by atoms with Crippen LogP contribution in [0.3, 0.4) is 0 Å². The van der Waals surface area contributed by atoms with Crippen LogP contribution in [-0.2, 0) is 19.4 Å². The molecule has 2 fully saturated rings. The van der Waals surface area contributed by atoms with Gasteiger partial charge >= 0.3 is 12.0 Å². The van der Waals surface area contributed by atoms with Crippen LogP contribution in [0.25, 0.3) is 0 Å². The Labute approximate surface area is 123 Å². The SMILES string of the molecule is CC1(OCC(=O)O)CN(C(=O)NCC2CCS(=O)(=O)C2)C1. The molecule has 1 unspecified atom stereocenters. The molecule has 2 aliphatic rings. The summed E-state index contributed by atoms with van der Waals surface area (Å²) >= 11 is 0. The molecule has 21 heavy (non-hydrogen) atoms. The summed E-state index contributed by atoms with van der Waals surface area (Å²) in [4.78, 5) is 23.8. The Kier molecular flexibility index (Phi) is 4.43. The molecule has 2 amide bonds. The molecule has 1 atom stereocenters. The lowest BCUT2D eigenvalue weighted by molar-refractivity contribution is -0.159. The average molecular weight is 320 g/mol. The van der Waals surface area contributed by atoms with Gasteiger partial charge in [-0.2, -0.15) is 0 Å². The zero-order chi connectivity index (χ0) is 15.7. The number of sulfone groups is 1. The Morgan fingerprint density at radius 2 is 2.10 bits per heavy atom. The summed E-state index contributed by atoms with van der Waals surface area (Å²) in [6, 6.07) is -0.268. The van der Waals surface area contributed by atoms with Crippen molar-refractivity contribution >= 4 is 21.8 Å². The second-order valence-electron chi connectivity index (χ2n) is 5.94. The van der Waals surface area contributed by atoms with E-state index >= 15 is 0 Å². The minimum Gasteiger partial charge on any atom is -0.480 e. The van der Waals surface area contributed by atoms with Crippen LogP contribution in [0.1, 0.15) is 13.3 Å². The van der Waals surface area contributed by atoms with Gasteiger partial charge in [-0.05, 0) is 19.3 Å². The summed E-state index contributed by atoms with van der Waals surface area (Å²) in [5.74, 6) is -0.734. The summed E-state index contributed by atoms with van der Waals surface area (Å²) in [5, 5.41) is 11.3. The van der Waals surface area contributed by atoms with Crippen LogP contribution in [0.2, 0.25) is 0 Å². The fourth-order valence-electron chi connectivity index (χ4n) is 2.61. The Hall–Kier alpha value is -1.35. The monoisotopic (exact) mass is 320 g/mol. The summed E-state index contributed by atoms with van der Waals surface area (Å²) in [7, 11) is -2.93. The third kappa shape index (κ3) is 4.31. The smallest absolute Gasteiger partial charge is 0.329 e. The molecule has 2 N–H and O–H groups in total. The van der Waals surface area contributed by atoms with Crippen LogP contribution in [0.5, 0.6) is 0 Å². The molecular weight excluding hydrogens is 300 g/mol. The summed E-state index contributed by atoms with van der Waals surface area (Å²) in [6.45, 7) is 2.38. The quantitative estimate of drug-likeness (QED) is 0.693. The zero-order valence-electron chi connectivity index (χ0n) is 11.9. The van der Waals surface area contributed by atoms with E-state index in [-0.39, 0.29) is 30.1 Å². The van der Waals surface area contributed by atoms with E-state index < -0.39 is 21.4 Å². The molecule has 0 bridgehead atoms. The molecule has 0 aromatic carbocycles. The van der Waals surface area contributed by atoms with Crippen LogP contribution < -0.4 is 5.32 Å². The lowest BCUT2D eigenvalue weighted by Gasteiger charge is -2.47. The van der Waals surface area contributed by atoms with Gasteiger partial charge in [0.25, 0.3) is 0 Å². The van der Waals surface area contributed by atoms with Crippen molar-refractivity contribution in [2.45, 2.75) is 18.9 Å². The van der Waals surface area contributed by atoms with Crippen molar-refractivity contribution in [2.24, 2.45) is 5.92 Å². The molecule has 9 heteroatoms. The molecule has 8 nitrogen and oxygen atoms in total. The summed E-state index contributed by atoms with van der Waals surface area (Å²) in [6.07, 6.45) is 0.585. The number of nitrogens with zero attached hydrogens (tertiary/aromatic N) is 1. The Bertz CT molecular complexity index is 526. The van der Waals surface area contributed by atoms with Crippen LogP contribution in [-0.4, -0.2) is 73.8 Å². The minimum atomic E-state index is -2.93. The maximum absolute atomic E-state index is 11.9. The number of aliphatic carboxylic acids is 1. The Balaban J connectivity index is 1.68. The number of hydrogen-bond donors (Lipinski definition) is 2. The van der Waals surface area contributed by atoms with Gasteiger partial charge in [-0.15, -0.1) is 0 Å². The number of carbonyl (C=O) groups is 2. The van der Waals surface area contributed by atoms with E-state index in [0.717, 1.165) is 0 Å². The van der Waals surface area contributed by atoms with Gasteiger partial charge in [-0.3, -0.25) is 0 Å². The first-order chi connectivity index (χ1) is 9.69. The number of carboxylic acids is 1. The highest BCUT2D eigenvalue weighted by Crippen LogP contribution is 2.24. The number of carboxylic acid groups (broad SMARTS) is 1. The van der Waals surface area contributed by atoms with Crippen molar-refractivity contribution in [1.29, 1.82) is 0 Å². The highest BCUT2D eigenvalue weighted by molar-refractivity contribution is 7.91. The lowest BCUT2D eigenvalue weighted by atomic mass is 9.97. The number of hydrogen-bond acceptors (Lipinski definition) is 5. The Morgan fingerprint density at radius 3 is 2.62 bits per heavy atom. The largest absolute Gasteiger partial charge is 0.480 e. The predicted octanol–water partition coefficient (Wildman–Crippen LogP) is -0.694. The highest BCUT2D eigenvalue weighted by Gasteiger charge is 2.43. The van der Waals surface area contributed by atoms with Gasteiger partial charge in [0.05, 0.1) is 24.6 Å². The first-order valence-corrected chi connectivity index (χ1v) is 8.60. The second kappa shape index (κ2) is 5.80. The Morgan fingerprint density at radius 1 is 1.43 bits per heavy atom. The molecule has 0 spiro atoms. The normalized spacial score (nSPS) is 26.1. The number of amides is 2. The van der Waals surface area contributed by atoms with Crippen LogP contribution in [0, 0.1) is 5.92 Å². The van der Waals surface area contributed by atoms with Gasteiger partial charge in [0, 0.05) is 6.54 Å². The van der Waals surface area contributed by atoms with Crippen molar-refractivity contribution in [3.63, 3.8) is 0 Å². The number of carbonyl (C=O) groups excluding carboxylic acids is 1. The van der Waals surface area contributed by atoms with Crippen LogP contribution >= 0.6 is 0 Å². The maximum Gasteiger partial charge on any atom is 0.329 e. The van der Waals surface area contributed by atoms with Crippen molar-refractivity contribution < 1.29 is 27.9 Å². The molecule has 2 heterocycles. The molecule has 120 valence electrons. The molecule has 2 rings (SSSR count). The fourth-order valence-corrected chi connectivity index (χ4v) is 4.47. The number of ether oxygens (including phenoxy) is 1. The number of likely N-dealkylation sites (tertiary alicyclic amines) is 1. The highest BCUT2D eigenvalue weighted by atomic mass is 32.2. The molecule has 2 saturated heterocycles. The van der Waals surface area contributed by atoms with Crippen molar-refractivity contribution in [3.05, 3.63) is 0 Å². The molecule has 0 aromatic heterocycles. The number of nitrogens with one attached hydrogen (secondary N) is 1. The van der Waals surface area contributed by atoms with E-state index in [1.54, 1.807) is 6.92 Å². The van der Waals surface area contributed by atoms with Gasteiger partial charge in [-0.1, -0.05) is 0 Å². The minimum absolute atomic E-state index is 0.0186. The molecule has 2 aliphatic heterocycles. The maximum atomic E-state index is 11.9. The van der Waals surface area contributed by atoms with Gasteiger partial charge in [0.15, 0.2) is 9.84 Å². The predicted molar refractivity (Wildman–Crippen MR) is 73.7 cm³/mol. The van der Waals surface area contributed by atoms with Gasteiger partial charge < -0.3 is 20.1 Å². The summed E-state index contributed by atoms with van der Waals surface area (Å²) in [5.41, 5.74) is -0.619. The summed E-state index contributed by atoms with van der Waals surface area (Å²) < 4.78 is 27.8. The number of urea groups is 1. The van der Waals surface area contributed by atoms with E-state index in [4.69, 9.17) is 9.84 Å². The lowest BCUT2D eigenvalue weighted by Crippen LogP contribution is -2.65. The fraction of sp³-hybridized carbons (Fsp3) is 0.833. The van der Waals surface area contributed by atoms with E-state index in [2.05, 4.69) is 5.32 Å². The van der Waals surface area contributed by atoms with E-state index in [1.807, 2.05) is 0 Å².